The molecule has 0 atom stereocenters. The topological polar surface area (TPSA) is 50.2 Å². The van der Waals surface area contributed by atoms with Gasteiger partial charge in [-0.2, -0.15) is 0 Å². The maximum Gasteiger partial charge on any atom is 0.347 e. The predicted octanol–water partition coefficient (Wildman–Crippen LogP) is 4.69. The zero-order valence-electron chi connectivity index (χ0n) is 9.69. The molecular weight excluding hydrogens is 305 g/mol. The van der Waals surface area contributed by atoms with Gasteiger partial charge in [0.2, 0.25) is 0 Å². The van der Waals surface area contributed by atoms with E-state index in [0.717, 1.165) is 18.4 Å². The maximum atomic E-state index is 11.3. The lowest BCUT2D eigenvalue weighted by Gasteiger charge is -2.00. The van der Waals surface area contributed by atoms with Crippen molar-refractivity contribution in [1.82, 2.24) is 4.98 Å². The Morgan fingerprint density at radius 1 is 1.37 bits per heavy atom. The average Bonchev–Trinajstić information content (AvgIpc) is 3.09. The zero-order chi connectivity index (χ0) is 13.6. The molecule has 6 heteroatoms. The fourth-order valence-corrected chi connectivity index (χ4v) is 3.48. The summed E-state index contributed by atoms with van der Waals surface area (Å²) < 4.78 is 0. The van der Waals surface area contributed by atoms with Crippen LogP contribution in [0.1, 0.15) is 34.1 Å². The second kappa shape index (κ2) is 4.78. The molecule has 1 aliphatic carbocycles. The summed E-state index contributed by atoms with van der Waals surface area (Å²) in [7, 11) is 0. The van der Waals surface area contributed by atoms with Crippen LogP contribution in [-0.2, 0) is 0 Å². The van der Waals surface area contributed by atoms with Crippen molar-refractivity contribution in [1.29, 1.82) is 0 Å². The fourth-order valence-electron chi connectivity index (χ4n) is 1.90. The number of nitrogens with zero attached hydrogens (tertiary/aromatic N) is 1. The lowest BCUT2D eigenvalue weighted by atomic mass is 10.2. The minimum absolute atomic E-state index is 0.294. The number of hydrogen-bond acceptors (Lipinski definition) is 3. The molecule has 19 heavy (non-hydrogen) atoms. The van der Waals surface area contributed by atoms with Crippen LogP contribution in [-0.4, -0.2) is 16.1 Å². The number of aromatic carboxylic acids is 1. The summed E-state index contributed by atoms with van der Waals surface area (Å²) in [6, 6.07) is 5.13. The van der Waals surface area contributed by atoms with Crippen molar-refractivity contribution in [3.05, 3.63) is 38.8 Å². The number of rotatable bonds is 3. The Kier molecular flexibility index (Phi) is 3.25. The van der Waals surface area contributed by atoms with E-state index in [2.05, 4.69) is 4.98 Å². The maximum absolute atomic E-state index is 11.3. The van der Waals surface area contributed by atoms with Crippen LogP contribution >= 0.6 is 34.5 Å². The van der Waals surface area contributed by atoms with Gasteiger partial charge in [0.1, 0.15) is 9.88 Å². The molecular formula is C13H9Cl2NO2S. The first kappa shape index (κ1) is 12.9. The van der Waals surface area contributed by atoms with Gasteiger partial charge in [0.15, 0.2) is 0 Å². The highest BCUT2D eigenvalue weighted by molar-refractivity contribution is 7.17. The SMILES string of the molecule is O=C(O)c1sc(-c2ccc(Cl)cc2Cl)nc1C1CC1. The van der Waals surface area contributed by atoms with E-state index in [0.29, 0.717) is 31.5 Å². The first-order valence-electron chi connectivity index (χ1n) is 5.75. The van der Waals surface area contributed by atoms with E-state index in [1.54, 1.807) is 18.2 Å². The van der Waals surface area contributed by atoms with Gasteiger partial charge in [-0.1, -0.05) is 23.2 Å². The lowest BCUT2D eigenvalue weighted by Crippen LogP contribution is -1.97. The summed E-state index contributed by atoms with van der Waals surface area (Å²) in [5.41, 5.74) is 1.42. The molecule has 1 aromatic carbocycles. The number of carboxylic acid groups (broad SMARTS) is 1. The first-order valence-corrected chi connectivity index (χ1v) is 7.33. The monoisotopic (exact) mass is 313 g/mol. The van der Waals surface area contributed by atoms with Crippen molar-refractivity contribution in [3.8, 4) is 10.6 Å². The average molecular weight is 314 g/mol. The van der Waals surface area contributed by atoms with E-state index >= 15 is 0 Å². The minimum Gasteiger partial charge on any atom is -0.477 e. The van der Waals surface area contributed by atoms with Gasteiger partial charge >= 0.3 is 5.97 Å². The van der Waals surface area contributed by atoms with Gasteiger partial charge in [-0.25, -0.2) is 9.78 Å². The second-order valence-corrected chi connectivity index (χ2v) is 6.28. The number of carboxylic acids is 1. The van der Waals surface area contributed by atoms with Gasteiger partial charge in [0, 0.05) is 16.5 Å². The quantitative estimate of drug-likeness (QED) is 0.894. The third kappa shape index (κ3) is 2.48. The van der Waals surface area contributed by atoms with Crippen LogP contribution in [0.25, 0.3) is 10.6 Å². The van der Waals surface area contributed by atoms with Crippen LogP contribution in [0, 0.1) is 0 Å². The molecule has 1 aromatic heterocycles. The highest BCUT2D eigenvalue weighted by Crippen LogP contribution is 2.45. The van der Waals surface area contributed by atoms with E-state index in [4.69, 9.17) is 23.2 Å². The van der Waals surface area contributed by atoms with Crippen LogP contribution in [0.5, 0.6) is 0 Å². The van der Waals surface area contributed by atoms with E-state index < -0.39 is 5.97 Å². The van der Waals surface area contributed by atoms with Gasteiger partial charge in [-0.15, -0.1) is 11.3 Å². The van der Waals surface area contributed by atoms with Crippen molar-refractivity contribution in [2.45, 2.75) is 18.8 Å². The van der Waals surface area contributed by atoms with Gasteiger partial charge in [0.25, 0.3) is 0 Å². The Morgan fingerprint density at radius 3 is 2.68 bits per heavy atom. The zero-order valence-corrected chi connectivity index (χ0v) is 12.0. The molecule has 2 aromatic rings. The van der Waals surface area contributed by atoms with E-state index in [1.807, 2.05) is 0 Å². The standard InChI is InChI=1S/C13H9Cl2NO2S/c14-7-3-4-8(9(15)5-7)12-16-10(6-1-2-6)11(19-12)13(17)18/h3-6H,1-2H2,(H,17,18). The van der Waals surface area contributed by atoms with E-state index in [9.17, 15) is 9.90 Å². The highest BCUT2D eigenvalue weighted by atomic mass is 35.5. The van der Waals surface area contributed by atoms with E-state index in [1.165, 1.54) is 11.3 Å². The van der Waals surface area contributed by atoms with Crippen molar-refractivity contribution in [2.75, 3.05) is 0 Å². The van der Waals surface area contributed by atoms with Crippen LogP contribution in [0.2, 0.25) is 10.0 Å². The molecule has 0 saturated heterocycles. The van der Waals surface area contributed by atoms with Crippen molar-refractivity contribution in [3.63, 3.8) is 0 Å². The van der Waals surface area contributed by atoms with Gasteiger partial charge < -0.3 is 5.11 Å². The fraction of sp³-hybridized carbons (Fsp3) is 0.231. The molecule has 1 N–H and O–H groups in total. The number of halogens is 2. The lowest BCUT2D eigenvalue weighted by molar-refractivity contribution is 0.0700. The van der Waals surface area contributed by atoms with E-state index in [-0.39, 0.29) is 0 Å². The molecule has 3 rings (SSSR count). The molecule has 0 aliphatic heterocycles. The Labute approximate surface area is 123 Å². The number of carbonyl (C=O) groups is 1. The summed E-state index contributed by atoms with van der Waals surface area (Å²) in [5.74, 6) is -0.627. The Bertz CT molecular complexity index is 665. The molecule has 0 bridgehead atoms. The Balaban J connectivity index is 2.10. The predicted molar refractivity (Wildman–Crippen MR) is 76.5 cm³/mol. The summed E-state index contributed by atoms with van der Waals surface area (Å²) in [5, 5.41) is 10.9. The molecule has 3 nitrogen and oxygen atoms in total. The van der Waals surface area contributed by atoms with Crippen molar-refractivity contribution < 1.29 is 9.90 Å². The highest BCUT2D eigenvalue weighted by Gasteiger charge is 2.32. The minimum atomic E-state index is -0.921. The third-order valence-corrected chi connectivity index (χ3v) is 4.61. The smallest absolute Gasteiger partial charge is 0.347 e. The number of thiazole rings is 1. The van der Waals surface area contributed by atoms with Gasteiger partial charge in [-0.05, 0) is 31.0 Å². The largest absolute Gasteiger partial charge is 0.477 e. The summed E-state index contributed by atoms with van der Waals surface area (Å²) in [6.07, 6.45) is 2.02. The second-order valence-electron chi connectivity index (χ2n) is 4.44. The molecule has 1 aliphatic rings. The van der Waals surface area contributed by atoms with Crippen LogP contribution in [0.4, 0.5) is 0 Å². The third-order valence-electron chi connectivity index (χ3n) is 2.97. The van der Waals surface area contributed by atoms with Crippen LogP contribution in [0.3, 0.4) is 0 Å². The summed E-state index contributed by atoms with van der Waals surface area (Å²) >= 11 is 13.2. The molecule has 0 radical (unpaired) electrons. The van der Waals surface area contributed by atoms with Gasteiger partial charge in [-0.3, -0.25) is 0 Å². The molecule has 0 spiro atoms. The summed E-state index contributed by atoms with van der Waals surface area (Å²) in [4.78, 5) is 16.0. The molecule has 1 heterocycles. The van der Waals surface area contributed by atoms with Crippen LogP contribution in [0.15, 0.2) is 18.2 Å². The normalized spacial score (nSPS) is 14.6. The first-order chi connectivity index (χ1) is 9.06. The molecule has 1 saturated carbocycles. The van der Waals surface area contributed by atoms with Crippen molar-refractivity contribution in [2.24, 2.45) is 0 Å². The number of benzene rings is 1. The molecule has 0 unspecified atom stereocenters. The Morgan fingerprint density at radius 2 is 2.11 bits per heavy atom. The molecule has 0 amide bonds. The Hall–Kier alpha value is -1.10. The van der Waals surface area contributed by atoms with Crippen molar-refractivity contribution >= 4 is 40.5 Å². The van der Waals surface area contributed by atoms with Gasteiger partial charge in [0.05, 0.1) is 10.7 Å². The number of hydrogen-bond donors (Lipinski definition) is 1. The molecule has 98 valence electrons. The molecule has 1 fully saturated rings. The summed E-state index contributed by atoms with van der Waals surface area (Å²) in [6.45, 7) is 0. The van der Waals surface area contributed by atoms with Crippen LogP contribution < -0.4 is 0 Å². The number of aromatic nitrogens is 1.